The fourth-order valence-electron chi connectivity index (χ4n) is 1.09. The fraction of sp³-hybridized carbons (Fsp3) is 0.100. The number of halogens is 1. The Morgan fingerprint density at radius 2 is 2.12 bits per heavy atom. The van der Waals surface area contributed by atoms with Gasteiger partial charge in [-0.25, -0.2) is 0 Å². The van der Waals surface area contributed by atoms with Crippen LogP contribution in [-0.4, -0.2) is 16.5 Å². The second-order valence-corrected chi connectivity index (χ2v) is 7.13. The number of hydrogen-bond acceptors (Lipinski definition) is 6. The lowest BCUT2D eigenvalue weighted by Crippen LogP contribution is -1.81. The molecular formula is C10H6BrN3S3. The van der Waals surface area contributed by atoms with Crippen LogP contribution in [0.3, 0.4) is 0 Å². The molecule has 0 atom stereocenters. The van der Waals surface area contributed by atoms with Gasteiger partial charge in [-0.1, -0.05) is 50.8 Å². The van der Waals surface area contributed by atoms with Crippen LogP contribution in [0.4, 0.5) is 0 Å². The number of thioether (sulfide) groups is 1. The zero-order chi connectivity index (χ0) is 12.3. The molecule has 0 unspecified atom stereocenters. The molecule has 0 bridgehead atoms. The van der Waals surface area contributed by atoms with Crippen LogP contribution in [0.25, 0.3) is 0 Å². The molecule has 0 fully saturated rings. The van der Waals surface area contributed by atoms with E-state index in [1.165, 1.54) is 23.1 Å². The van der Waals surface area contributed by atoms with Crippen molar-refractivity contribution in [1.82, 2.24) is 10.2 Å². The van der Waals surface area contributed by atoms with Crippen molar-refractivity contribution < 1.29 is 0 Å². The highest BCUT2D eigenvalue weighted by molar-refractivity contribution is 9.10. The Bertz CT molecular complexity index is 576. The van der Waals surface area contributed by atoms with E-state index in [2.05, 4.69) is 32.2 Å². The van der Waals surface area contributed by atoms with Gasteiger partial charge in [-0.2, -0.15) is 5.26 Å². The maximum absolute atomic E-state index is 9.02. The molecule has 0 spiro atoms. The summed E-state index contributed by atoms with van der Waals surface area (Å²) >= 11 is 7.97. The van der Waals surface area contributed by atoms with Gasteiger partial charge in [0.25, 0.3) is 0 Å². The molecule has 1 heterocycles. The molecule has 7 heteroatoms. The number of hydrogen-bond donors (Lipinski definition) is 0. The third kappa shape index (κ3) is 3.22. The smallest absolute Gasteiger partial charge is 0.179 e. The third-order valence-corrected chi connectivity index (χ3v) is 5.32. The van der Waals surface area contributed by atoms with Gasteiger partial charge in [0.15, 0.2) is 8.68 Å². The molecule has 0 aliphatic carbocycles. The van der Waals surface area contributed by atoms with E-state index in [0.717, 1.165) is 18.0 Å². The van der Waals surface area contributed by atoms with Crippen molar-refractivity contribution in [2.24, 2.45) is 0 Å². The van der Waals surface area contributed by atoms with E-state index in [-0.39, 0.29) is 0 Å². The predicted molar refractivity (Wildman–Crippen MR) is 74.7 cm³/mol. The SMILES string of the molecule is CSc1nnc(Sc2cc(Br)ccc2C#N)s1. The highest BCUT2D eigenvalue weighted by atomic mass is 79.9. The average Bonchev–Trinajstić information content (AvgIpc) is 2.77. The van der Waals surface area contributed by atoms with Crippen LogP contribution in [0, 0.1) is 11.3 Å². The molecule has 0 aliphatic heterocycles. The van der Waals surface area contributed by atoms with E-state index in [4.69, 9.17) is 5.26 Å². The van der Waals surface area contributed by atoms with Crippen LogP contribution in [0.1, 0.15) is 5.56 Å². The highest BCUT2D eigenvalue weighted by Crippen LogP contribution is 2.35. The maximum Gasteiger partial charge on any atom is 0.179 e. The standard InChI is InChI=1S/C10H6BrN3S3/c1-15-9-13-14-10(17-9)16-8-4-7(11)3-2-6(8)5-12/h2-4H,1H3. The molecule has 17 heavy (non-hydrogen) atoms. The molecule has 2 rings (SSSR count). The van der Waals surface area contributed by atoms with Gasteiger partial charge in [-0.3, -0.25) is 0 Å². The van der Waals surface area contributed by atoms with E-state index in [1.54, 1.807) is 17.8 Å². The first-order valence-electron chi connectivity index (χ1n) is 4.48. The van der Waals surface area contributed by atoms with Crippen molar-refractivity contribution in [3.63, 3.8) is 0 Å². The van der Waals surface area contributed by atoms with Gasteiger partial charge in [0.05, 0.1) is 5.56 Å². The fourth-order valence-corrected chi connectivity index (χ4v) is 4.12. The lowest BCUT2D eigenvalue weighted by molar-refractivity contribution is 0.955. The second-order valence-electron chi connectivity index (χ2n) is 2.89. The van der Waals surface area contributed by atoms with Gasteiger partial charge in [0, 0.05) is 9.37 Å². The number of nitriles is 1. The normalized spacial score (nSPS) is 10.2. The van der Waals surface area contributed by atoms with Crippen molar-refractivity contribution in [1.29, 1.82) is 5.26 Å². The highest BCUT2D eigenvalue weighted by Gasteiger charge is 2.09. The molecule has 86 valence electrons. The van der Waals surface area contributed by atoms with Crippen LogP contribution in [0.2, 0.25) is 0 Å². The van der Waals surface area contributed by atoms with Gasteiger partial charge in [0.1, 0.15) is 6.07 Å². The molecule has 0 N–H and O–H groups in total. The Hall–Kier alpha value is -0.550. The first kappa shape index (κ1) is 12.9. The summed E-state index contributed by atoms with van der Waals surface area (Å²) in [6.45, 7) is 0. The Labute approximate surface area is 120 Å². The van der Waals surface area contributed by atoms with Crippen molar-refractivity contribution in [2.75, 3.05) is 6.26 Å². The monoisotopic (exact) mass is 343 g/mol. The summed E-state index contributed by atoms with van der Waals surface area (Å²) < 4.78 is 2.73. The summed E-state index contributed by atoms with van der Waals surface area (Å²) in [7, 11) is 0. The van der Waals surface area contributed by atoms with Gasteiger partial charge in [-0.15, -0.1) is 10.2 Å². The molecule has 0 aliphatic rings. The Morgan fingerprint density at radius 3 is 2.76 bits per heavy atom. The maximum atomic E-state index is 9.02. The Balaban J connectivity index is 2.29. The molecule has 3 nitrogen and oxygen atoms in total. The van der Waals surface area contributed by atoms with Crippen LogP contribution >= 0.6 is 50.8 Å². The zero-order valence-corrected chi connectivity index (χ0v) is 12.7. The van der Waals surface area contributed by atoms with Gasteiger partial charge >= 0.3 is 0 Å². The molecule has 2 aromatic rings. The van der Waals surface area contributed by atoms with Gasteiger partial charge < -0.3 is 0 Å². The quantitative estimate of drug-likeness (QED) is 0.787. The predicted octanol–water partition coefficient (Wildman–Crippen LogP) is 4.05. The number of aromatic nitrogens is 2. The summed E-state index contributed by atoms with van der Waals surface area (Å²) in [5, 5.41) is 17.1. The van der Waals surface area contributed by atoms with Gasteiger partial charge in [-0.05, 0) is 24.5 Å². The zero-order valence-electron chi connectivity index (χ0n) is 8.68. The lowest BCUT2D eigenvalue weighted by Gasteiger charge is -2.00. The van der Waals surface area contributed by atoms with E-state index in [0.29, 0.717) is 5.56 Å². The molecule has 0 saturated heterocycles. The molecule has 0 amide bonds. The molecule has 1 aromatic carbocycles. The van der Waals surface area contributed by atoms with Crippen molar-refractivity contribution in [2.45, 2.75) is 13.6 Å². The Kier molecular flexibility index (Phi) is 4.45. The summed E-state index contributed by atoms with van der Waals surface area (Å²) in [4.78, 5) is 0.894. The molecule has 0 radical (unpaired) electrons. The minimum absolute atomic E-state index is 0.652. The van der Waals surface area contributed by atoms with Crippen molar-refractivity contribution in [3.05, 3.63) is 28.2 Å². The van der Waals surface area contributed by atoms with Gasteiger partial charge in [0.2, 0.25) is 0 Å². The van der Waals surface area contributed by atoms with Crippen molar-refractivity contribution in [3.8, 4) is 6.07 Å². The molecule has 0 saturated carbocycles. The van der Waals surface area contributed by atoms with Crippen molar-refractivity contribution >= 4 is 50.8 Å². The summed E-state index contributed by atoms with van der Waals surface area (Å²) in [5.74, 6) is 0. The lowest BCUT2D eigenvalue weighted by atomic mass is 10.2. The number of nitrogens with zero attached hydrogens (tertiary/aromatic N) is 3. The van der Waals surface area contributed by atoms with E-state index in [1.807, 2.05) is 18.4 Å². The first-order chi connectivity index (χ1) is 8.22. The van der Waals surface area contributed by atoms with Crippen LogP contribution < -0.4 is 0 Å². The minimum atomic E-state index is 0.652. The first-order valence-corrected chi connectivity index (χ1v) is 8.13. The second kappa shape index (κ2) is 5.87. The van der Waals surface area contributed by atoms with E-state index >= 15 is 0 Å². The Morgan fingerprint density at radius 1 is 1.35 bits per heavy atom. The van der Waals surface area contributed by atoms with E-state index < -0.39 is 0 Å². The van der Waals surface area contributed by atoms with Crippen LogP contribution in [0.15, 0.2) is 36.2 Å². The third-order valence-electron chi connectivity index (χ3n) is 1.82. The largest absolute Gasteiger partial charge is 0.192 e. The molecule has 1 aromatic heterocycles. The van der Waals surface area contributed by atoms with Crippen LogP contribution in [-0.2, 0) is 0 Å². The number of rotatable bonds is 3. The summed E-state index contributed by atoms with van der Waals surface area (Å²) in [5.41, 5.74) is 0.652. The number of benzene rings is 1. The van der Waals surface area contributed by atoms with Crippen LogP contribution in [0.5, 0.6) is 0 Å². The topological polar surface area (TPSA) is 49.6 Å². The average molecular weight is 344 g/mol. The molecular weight excluding hydrogens is 338 g/mol. The van der Waals surface area contributed by atoms with E-state index in [9.17, 15) is 0 Å². The minimum Gasteiger partial charge on any atom is -0.192 e. The summed E-state index contributed by atoms with van der Waals surface area (Å²) in [6, 6.07) is 7.75. The summed E-state index contributed by atoms with van der Waals surface area (Å²) in [6.07, 6.45) is 1.97.